The van der Waals surface area contributed by atoms with Crippen LogP contribution in [0.5, 0.6) is 0 Å². The van der Waals surface area contributed by atoms with Gasteiger partial charge in [-0.05, 0) is 54.4 Å². The monoisotopic (exact) mass is 308 g/mol. The van der Waals surface area contributed by atoms with Gasteiger partial charge in [0.05, 0.1) is 6.04 Å². The molecule has 1 amide bonds. The maximum absolute atomic E-state index is 11.8. The average molecular weight is 308 g/mol. The first-order valence-electron chi connectivity index (χ1n) is 7.93. The van der Waals surface area contributed by atoms with Gasteiger partial charge >= 0.3 is 0 Å². The second-order valence-corrected chi connectivity index (χ2v) is 8.35. The highest BCUT2D eigenvalue weighted by molar-refractivity contribution is 7.09. The van der Waals surface area contributed by atoms with Gasteiger partial charge < -0.3 is 11.1 Å². The van der Waals surface area contributed by atoms with E-state index in [9.17, 15) is 4.79 Å². The Morgan fingerprint density at radius 1 is 1.38 bits per heavy atom. The number of hydrogen-bond acceptors (Lipinski definition) is 3. The van der Waals surface area contributed by atoms with Crippen LogP contribution < -0.4 is 11.1 Å². The first-order valence-corrected chi connectivity index (χ1v) is 8.81. The molecular weight excluding hydrogens is 280 g/mol. The summed E-state index contributed by atoms with van der Waals surface area (Å²) in [7, 11) is 0. The van der Waals surface area contributed by atoms with Gasteiger partial charge in [-0.3, -0.25) is 4.79 Å². The summed E-state index contributed by atoms with van der Waals surface area (Å²) < 4.78 is 0. The molecule has 21 heavy (non-hydrogen) atoms. The standard InChI is InChI=1S/C17H28N2OS/c1-17(2,3)13-8-6-12(7-9-13)15(16(18)20)19-11-14-5-4-10-21-14/h4-5,10,12-13,15,19H,6-9,11H2,1-3H3,(H2,18,20). The van der Waals surface area contributed by atoms with E-state index < -0.39 is 0 Å². The molecule has 1 atom stereocenters. The van der Waals surface area contributed by atoms with Crippen molar-refractivity contribution in [1.29, 1.82) is 0 Å². The number of hydrogen-bond donors (Lipinski definition) is 2. The summed E-state index contributed by atoms with van der Waals surface area (Å²) in [5.74, 6) is 0.950. The predicted octanol–water partition coefficient (Wildman–Crippen LogP) is 3.54. The van der Waals surface area contributed by atoms with Gasteiger partial charge in [-0.15, -0.1) is 11.3 Å². The average Bonchev–Trinajstić information content (AvgIpc) is 2.91. The number of nitrogens with two attached hydrogens (primary N) is 1. The molecule has 1 aliphatic rings. The fourth-order valence-corrected chi connectivity index (χ4v) is 4.10. The highest BCUT2D eigenvalue weighted by Gasteiger charge is 2.34. The third-order valence-electron chi connectivity index (χ3n) is 4.85. The Morgan fingerprint density at radius 2 is 2.05 bits per heavy atom. The number of rotatable bonds is 5. The van der Waals surface area contributed by atoms with Gasteiger partial charge in [0.25, 0.3) is 0 Å². The summed E-state index contributed by atoms with van der Waals surface area (Å²) in [5.41, 5.74) is 6.00. The molecule has 0 aliphatic heterocycles. The van der Waals surface area contributed by atoms with Crippen molar-refractivity contribution >= 4 is 17.2 Å². The summed E-state index contributed by atoms with van der Waals surface area (Å²) in [6.45, 7) is 7.69. The fraction of sp³-hybridized carbons (Fsp3) is 0.706. The van der Waals surface area contributed by atoms with Crippen molar-refractivity contribution in [1.82, 2.24) is 5.32 Å². The largest absolute Gasteiger partial charge is 0.368 e. The highest BCUT2D eigenvalue weighted by Crippen LogP contribution is 2.40. The van der Waals surface area contributed by atoms with Crippen LogP contribution in [0.1, 0.15) is 51.3 Å². The lowest BCUT2D eigenvalue weighted by atomic mass is 9.68. The molecule has 3 N–H and O–H groups in total. The number of amides is 1. The van der Waals surface area contributed by atoms with E-state index in [-0.39, 0.29) is 11.9 Å². The van der Waals surface area contributed by atoms with Gasteiger partial charge in [-0.25, -0.2) is 0 Å². The number of thiophene rings is 1. The zero-order chi connectivity index (χ0) is 15.5. The molecule has 1 aromatic heterocycles. The molecule has 0 bridgehead atoms. The smallest absolute Gasteiger partial charge is 0.234 e. The first kappa shape index (κ1) is 16.5. The molecule has 0 saturated heterocycles. The van der Waals surface area contributed by atoms with Crippen molar-refractivity contribution in [2.75, 3.05) is 0 Å². The van der Waals surface area contributed by atoms with Crippen molar-refractivity contribution in [3.63, 3.8) is 0 Å². The number of nitrogens with one attached hydrogen (secondary N) is 1. The number of carbonyl (C=O) groups excluding carboxylic acids is 1. The minimum Gasteiger partial charge on any atom is -0.368 e. The van der Waals surface area contributed by atoms with E-state index in [1.807, 2.05) is 6.07 Å². The van der Waals surface area contributed by atoms with Crippen LogP contribution >= 0.6 is 11.3 Å². The minimum absolute atomic E-state index is 0.187. The maximum atomic E-state index is 11.8. The Morgan fingerprint density at radius 3 is 2.52 bits per heavy atom. The van der Waals surface area contributed by atoms with E-state index in [1.165, 1.54) is 17.7 Å². The van der Waals surface area contributed by atoms with Crippen molar-refractivity contribution in [3.05, 3.63) is 22.4 Å². The zero-order valence-electron chi connectivity index (χ0n) is 13.4. The maximum Gasteiger partial charge on any atom is 0.234 e. The van der Waals surface area contributed by atoms with E-state index in [4.69, 9.17) is 5.73 Å². The van der Waals surface area contributed by atoms with Crippen molar-refractivity contribution < 1.29 is 4.79 Å². The summed E-state index contributed by atoms with van der Waals surface area (Å²) in [6.07, 6.45) is 4.62. The predicted molar refractivity (Wildman–Crippen MR) is 89.0 cm³/mol. The Balaban J connectivity index is 1.89. The third-order valence-corrected chi connectivity index (χ3v) is 5.73. The molecule has 1 aliphatic carbocycles. The molecule has 0 radical (unpaired) electrons. The molecule has 3 nitrogen and oxygen atoms in total. The van der Waals surface area contributed by atoms with Gasteiger partial charge in [-0.2, -0.15) is 0 Å². The molecule has 118 valence electrons. The molecule has 1 heterocycles. The van der Waals surface area contributed by atoms with Gasteiger partial charge in [0, 0.05) is 11.4 Å². The van der Waals surface area contributed by atoms with Crippen LogP contribution in [0.2, 0.25) is 0 Å². The second kappa shape index (κ2) is 6.93. The normalized spacial score (nSPS) is 24.7. The Kier molecular flexibility index (Phi) is 5.44. The van der Waals surface area contributed by atoms with Gasteiger partial charge in [0.15, 0.2) is 0 Å². The molecule has 0 aromatic carbocycles. The highest BCUT2D eigenvalue weighted by atomic mass is 32.1. The molecule has 4 heteroatoms. The lowest BCUT2D eigenvalue weighted by Crippen LogP contribution is -2.47. The Hall–Kier alpha value is -0.870. The Labute approximate surface area is 132 Å². The summed E-state index contributed by atoms with van der Waals surface area (Å²) in [6, 6.07) is 3.94. The quantitative estimate of drug-likeness (QED) is 0.874. The van der Waals surface area contributed by atoms with Crippen LogP contribution in [0.15, 0.2) is 17.5 Å². The van der Waals surface area contributed by atoms with Gasteiger partial charge in [-0.1, -0.05) is 26.8 Å². The van der Waals surface area contributed by atoms with E-state index >= 15 is 0 Å². The third kappa shape index (κ3) is 4.55. The van der Waals surface area contributed by atoms with Crippen LogP contribution in [0.4, 0.5) is 0 Å². The van der Waals surface area contributed by atoms with Crippen molar-refractivity contribution in [2.24, 2.45) is 23.0 Å². The fourth-order valence-electron chi connectivity index (χ4n) is 3.44. The van der Waals surface area contributed by atoms with Crippen LogP contribution in [-0.4, -0.2) is 11.9 Å². The second-order valence-electron chi connectivity index (χ2n) is 7.32. The number of carbonyl (C=O) groups is 1. The van der Waals surface area contributed by atoms with Gasteiger partial charge in [0.2, 0.25) is 5.91 Å². The lowest BCUT2D eigenvalue weighted by Gasteiger charge is -2.39. The summed E-state index contributed by atoms with van der Waals surface area (Å²) in [5, 5.41) is 5.44. The summed E-state index contributed by atoms with van der Waals surface area (Å²) >= 11 is 1.71. The van der Waals surface area contributed by atoms with Crippen LogP contribution in [0.25, 0.3) is 0 Å². The minimum atomic E-state index is -0.203. The van der Waals surface area contributed by atoms with Crippen molar-refractivity contribution in [2.45, 2.75) is 59.0 Å². The van der Waals surface area contributed by atoms with Crippen molar-refractivity contribution in [3.8, 4) is 0 Å². The first-order chi connectivity index (χ1) is 9.88. The van der Waals surface area contributed by atoms with Gasteiger partial charge in [0.1, 0.15) is 0 Å². The molecular formula is C17H28N2OS. The van der Waals surface area contributed by atoms with E-state index in [0.29, 0.717) is 11.3 Å². The Bertz CT molecular complexity index is 442. The van der Waals surface area contributed by atoms with E-state index in [1.54, 1.807) is 11.3 Å². The molecule has 2 rings (SSSR count). The molecule has 1 unspecified atom stereocenters. The SMILES string of the molecule is CC(C)(C)C1CCC(C(NCc2cccs2)C(N)=O)CC1. The number of primary amides is 1. The van der Waals surface area contributed by atoms with Crippen LogP contribution in [-0.2, 0) is 11.3 Å². The topological polar surface area (TPSA) is 55.1 Å². The van der Waals surface area contributed by atoms with E-state index in [0.717, 1.165) is 25.3 Å². The van der Waals surface area contributed by atoms with Crippen LogP contribution in [0.3, 0.4) is 0 Å². The molecule has 0 spiro atoms. The lowest BCUT2D eigenvalue weighted by molar-refractivity contribution is -0.121. The summed E-state index contributed by atoms with van der Waals surface area (Å²) in [4.78, 5) is 13.1. The van der Waals surface area contributed by atoms with E-state index in [2.05, 4.69) is 37.5 Å². The van der Waals surface area contributed by atoms with Crippen LogP contribution in [0, 0.1) is 17.3 Å². The molecule has 1 aromatic rings. The molecule has 1 fully saturated rings. The zero-order valence-corrected chi connectivity index (χ0v) is 14.2. The molecule has 1 saturated carbocycles.